The Labute approximate surface area is 181 Å². The Bertz CT molecular complexity index is 1270. The molecule has 0 saturated heterocycles. The smallest absolute Gasteiger partial charge is 0.316 e. The first-order valence-corrected chi connectivity index (χ1v) is 10.3. The molecule has 0 aliphatic rings. The minimum absolute atomic E-state index is 0.0162. The van der Waals surface area contributed by atoms with E-state index in [1.54, 1.807) is 17.1 Å². The summed E-state index contributed by atoms with van der Waals surface area (Å²) in [6.45, 7) is 2.03. The van der Waals surface area contributed by atoms with Crippen LogP contribution in [0.5, 0.6) is 0 Å². The zero-order valence-electron chi connectivity index (χ0n) is 16.5. The Hall–Kier alpha value is -3.92. The Morgan fingerprint density at radius 2 is 1.81 bits per heavy atom. The lowest BCUT2D eigenvalue weighted by Crippen LogP contribution is -2.30. The third kappa shape index (κ3) is 4.64. The number of nitro groups is 1. The van der Waals surface area contributed by atoms with Gasteiger partial charge in [0.1, 0.15) is 0 Å². The predicted molar refractivity (Wildman–Crippen MR) is 119 cm³/mol. The first kappa shape index (κ1) is 20.4. The van der Waals surface area contributed by atoms with E-state index in [2.05, 4.69) is 21.6 Å². The third-order valence-corrected chi connectivity index (χ3v) is 5.41. The molecule has 0 aliphatic carbocycles. The van der Waals surface area contributed by atoms with Crippen molar-refractivity contribution < 1.29 is 4.92 Å². The molecular weight excluding hydrogens is 416 g/mol. The number of anilines is 2. The maximum atomic E-state index is 13.2. The fourth-order valence-corrected chi connectivity index (χ4v) is 3.82. The summed E-state index contributed by atoms with van der Waals surface area (Å²) in [5.74, 6) is 0.647. The van der Waals surface area contributed by atoms with Crippen LogP contribution in [0, 0.1) is 17.0 Å². The van der Waals surface area contributed by atoms with E-state index in [0.717, 1.165) is 11.1 Å². The van der Waals surface area contributed by atoms with Crippen LogP contribution in [0.15, 0.2) is 83.0 Å². The SMILES string of the molecule is Cc1cccc(CSc2nnc(Nc3ccc([N+](=O)[O-])cc3)c(=O)n2-n2cccc2)c1. The van der Waals surface area contributed by atoms with Crippen molar-refractivity contribution in [2.75, 3.05) is 5.32 Å². The Morgan fingerprint density at radius 3 is 2.48 bits per heavy atom. The summed E-state index contributed by atoms with van der Waals surface area (Å²) in [5, 5.41) is 22.5. The Kier molecular flexibility index (Phi) is 5.80. The van der Waals surface area contributed by atoms with Gasteiger partial charge in [-0.25, -0.2) is 0 Å². The van der Waals surface area contributed by atoms with Crippen molar-refractivity contribution in [3.63, 3.8) is 0 Å². The molecule has 156 valence electrons. The molecule has 2 aromatic carbocycles. The van der Waals surface area contributed by atoms with Crippen molar-refractivity contribution in [1.82, 2.24) is 19.5 Å². The molecule has 2 heterocycles. The number of nitrogens with one attached hydrogen (secondary N) is 1. The highest BCUT2D eigenvalue weighted by Crippen LogP contribution is 2.22. The average molecular weight is 434 g/mol. The Morgan fingerprint density at radius 1 is 1.06 bits per heavy atom. The van der Waals surface area contributed by atoms with Crippen LogP contribution in [0.25, 0.3) is 0 Å². The van der Waals surface area contributed by atoms with Crippen molar-refractivity contribution in [3.8, 4) is 0 Å². The summed E-state index contributed by atoms with van der Waals surface area (Å²) in [6.07, 6.45) is 3.49. The van der Waals surface area contributed by atoms with Gasteiger partial charge >= 0.3 is 5.56 Å². The van der Waals surface area contributed by atoms with Crippen LogP contribution in [-0.2, 0) is 5.75 Å². The van der Waals surface area contributed by atoms with Crippen LogP contribution in [-0.4, -0.2) is 24.5 Å². The van der Waals surface area contributed by atoms with Crippen molar-refractivity contribution in [1.29, 1.82) is 0 Å². The highest BCUT2D eigenvalue weighted by Gasteiger charge is 2.15. The van der Waals surface area contributed by atoms with Crippen LogP contribution in [0.3, 0.4) is 0 Å². The van der Waals surface area contributed by atoms with Crippen LogP contribution < -0.4 is 10.9 Å². The van der Waals surface area contributed by atoms with E-state index < -0.39 is 10.5 Å². The summed E-state index contributed by atoms with van der Waals surface area (Å²) < 4.78 is 3.07. The molecule has 0 spiro atoms. The summed E-state index contributed by atoms with van der Waals surface area (Å²) in [7, 11) is 0. The molecule has 0 fully saturated rings. The molecule has 0 saturated carbocycles. The zero-order valence-corrected chi connectivity index (χ0v) is 17.3. The lowest BCUT2D eigenvalue weighted by atomic mass is 10.2. The van der Waals surface area contributed by atoms with Gasteiger partial charge in [0, 0.05) is 36.0 Å². The van der Waals surface area contributed by atoms with E-state index in [1.807, 2.05) is 37.3 Å². The second kappa shape index (κ2) is 8.84. The van der Waals surface area contributed by atoms with Crippen molar-refractivity contribution in [3.05, 3.63) is 105 Å². The van der Waals surface area contributed by atoms with Gasteiger partial charge in [0.25, 0.3) is 5.69 Å². The largest absolute Gasteiger partial charge is 0.334 e. The average Bonchev–Trinajstić information content (AvgIpc) is 3.29. The van der Waals surface area contributed by atoms with Gasteiger partial charge < -0.3 is 5.32 Å². The first-order chi connectivity index (χ1) is 15.0. The van der Waals surface area contributed by atoms with Crippen molar-refractivity contribution in [2.45, 2.75) is 17.8 Å². The minimum Gasteiger partial charge on any atom is -0.334 e. The van der Waals surface area contributed by atoms with Crippen molar-refractivity contribution in [2.24, 2.45) is 0 Å². The van der Waals surface area contributed by atoms with Gasteiger partial charge in [-0.3, -0.25) is 19.6 Å². The number of nitrogens with zero attached hydrogens (tertiary/aromatic N) is 5. The molecule has 1 N–H and O–H groups in total. The van der Waals surface area contributed by atoms with E-state index in [1.165, 1.54) is 40.7 Å². The minimum atomic E-state index is -0.483. The quantitative estimate of drug-likeness (QED) is 0.266. The van der Waals surface area contributed by atoms with Gasteiger partial charge in [0.05, 0.1) is 4.92 Å². The molecule has 10 heteroatoms. The second-order valence-electron chi connectivity index (χ2n) is 6.72. The fraction of sp³-hybridized carbons (Fsp3) is 0.0952. The van der Waals surface area contributed by atoms with Crippen molar-refractivity contribution >= 4 is 29.0 Å². The number of benzene rings is 2. The topological polar surface area (TPSA) is 108 Å². The van der Waals surface area contributed by atoms with Gasteiger partial charge in [-0.2, -0.15) is 4.68 Å². The van der Waals surface area contributed by atoms with E-state index in [4.69, 9.17) is 0 Å². The summed E-state index contributed by atoms with van der Waals surface area (Å²) >= 11 is 1.41. The number of non-ortho nitro benzene ring substituents is 1. The number of thioether (sulfide) groups is 1. The molecule has 2 aromatic heterocycles. The number of nitro benzene ring substituents is 1. The lowest BCUT2D eigenvalue weighted by Gasteiger charge is -2.14. The van der Waals surface area contributed by atoms with E-state index in [9.17, 15) is 14.9 Å². The van der Waals surface area contributed by atoms with Gasteiger partial charge in [0.15, 0.2) is 0 Å². The van der Waals surface area contributed by atoms with E-state index in [0.29, 0.717) is 16.6 Å². The number of hydrogen-bond acceptors (Lipinski definition) is 7. The van der Waals surface area contributed by atoms with E-state index in [-0.39, 0.29) is 11.5 Å². The highest BCUT2D eigenvalue weighted by atomic mass is 32.2. The standard InChI is InChI=1S/C21H18N6O3S/c1-15-5-4-6-16(13-15)14-31-21-24-23-19(20(28)26(21)25-11-2-3-12-25)22-17-7-9-18(10-8-17)27(29)30/h2-13H,14H2,1H3,(H,22,23). The maximum absolute atomic E-state index is 13.2. The highest BCUT2D eigenvalue weighted by molar-refractivity contribution is 7.98. The van der Waals surface area contributed by atoms with Crippen LogP contribution in [0.2, 0.25) is 0 Å². The molecule has 0 aliphatic heterocycles. The van der Waals surface area contributed by atoms with Crippen LogP contribution in [0.4, 0.5) is 17.2 Å². The number of rotatable bonds is 7. The number of aryl methyl sites for hydroxylation is 1. The van der Waals surface area contributed by atoms with Gasteiger partial charge in [-0.15, -0.1) is 10.2 Å². The normalized spacial score (nSPS) is 10.7. The number of hydrogen-bond donors (Lipinski definition) is 1. The monoisotopic (exact) mass is 434 g/mol. The second-order valence-corrected chi connectivity index (χ2v) is 7.66. The van der Waals surface area contributed by atoms with Crippen LogP contribution >= 0.6 is 11.8 Å². The molecule has 0 radical (unpaired) electrons. The van der Waals surface area contributed by atoms with Gasteiger partial charge in [0.2, 0.25) is 11.0 Å². The fourth-order valence-electron chi connectivity index (χ4n) is 2.95. The van der Waals surface area contributed by atoms with Crippen LogP contribution in [0.1, 0.15) is 11.1 Å². The number of aromatic nitrogens is 4. The maximum Gasteiger partial charge on any atom is 0.316 e. The third-order valence-electron chi connectivity index (χ3n) is 4.42. The van der Waals surface area contributed by atoms with Gasteiger partial charge in [-0.05, 0) is 36.8 Å². The molecule has 31 heavy (non-hydrogen) atoms. The predicted octanol–water partition coefficient (Wildman–Crippen LogP) is 4.00. The summed E-state index contributed by atoms with van der Waals surface area (Å²) in [5.41, 5.74) is 2.35. The molecule has 0 amide bonds. The lowest BCUT2D eigenvalue weighted by molar-refractivity contribution is -0.384. The Balaban J connectivity index is 1.65. The van der Waals surface area contributed by atoms with E-state index >= 15 is 0 Å². The molecule has 9 nitrogen and oxygen atoms in total. The molecule has 4 rings (SSSR count). The molecule has 4 aromatic rings. The summed E-state index contributed by atoms with van der Waals surface area (Å²) in [6, 6.07) is 17.5. The molecular formula is C21H18N6O3S. The molecule has 0 bridgehead atoms. The molecule has 0 unspecified atom stereocenters. The first-order valence-electron chi connectivity index (χ1n) is 9.34. The zero-order chi connectivity index (χ0) is 21.8. The molecule has 0 atom stereocenters. The summed E-state index contributed by atoms with van der Waals surface area (Å²) in [4.78, 5) is 23.5. The van der Waals surface area contributed by atoms with Gasteiger partial charge in [-0.1, -0.05) is 41.6 Å².